The highest BCUT2D eigenvalue weighted by molar-refractivity contribution is 6.35. The van der Waals surface area contributed by atoms with Gasteiger partial charge in [0, 0.05) is 27.7 Å². The molecule has 0 radical (unpaired) electrons. The van der Waals surface area contributed by atoms with E-state index in [1.807, 2.05) is 24.3 Å². The molecule has 0 unspecified atom stereocenters. The zero-order valence-electron chi connectivity index (χ0n) is 16.4. The molecule has 1 N–H and O–H groups in total. The predicted octanol–water partition coefficient (Wildman–Crippen LogP) is 6.71. The smallest absolute Gasteiger partial charge is 0.166 e. The molecule has 0 aliphatic rings. The van der Waals surface area contributed by atoms with Crippen molar-refractivity contribution in [3.05, 3.63) is 92.2 Å². The molecule has 3 rings (SSSR count). The maximum atomic E-state index is 14.1. The van der Waals surface area contributed by atoms with Crippen molar-refractivity contribution >= 4 is 34.8 Å². The Balaban J connectivity index is 1.66. The van der Waals surface area contributed by atoms with Crippen molar-refractivity contribution in [1.29, 1.82) is 0 Å². The molecular formula is C23H21Cl3FNO2. The molecule has 3 aromatic rings. The van der Waals surface area contributed by atoms with Gasteiger partial charge >= 0.3 is 0 Å². The molecule has 3 nitrogen and oxygen atoms in total. The molecule has 0 aliphatic heterocycles. The maximum absolute atomic E-state index is 14.1. The minimum atomic E-state index is -0.406. The van der Waals surface area contributed by atoms with Gasteiger partial charge in [0.2, 0.25) is 0 Å². The van der Waals surface area contributed by atoms with E-state index >= 15 is 0 Å². The first-order valence-corrected chi connectivity index (χ1v) is 10.5. The van der Waals surface area contributed by atoms with Gasteiger partial charge in [0.15, 0.2) is 11.5 Å². The van der Waals surface area contributed by atoms with Crippen molar-refractivity contribution in [3.63, 3.8) is 0 Å². The molecule has 0 atom stereocenters. The molecule has 0 aromatic heterocycles. The van der Waals surface area contributed by atoms with Crippen molar-refractivity contribution in [2.75, 3.05) is 13.7 Å². The van der Waals surface area contributed by atoms with Crippen molar-refractivity contribution in [3.8, 4) is 11.5 Å². The van der Waals surface area contributed by atoms with Crippen LogP contribution in [0.5, 0.6) is 11.5 Å². The van der Waals surface area contributed by atoms with Gasteiger partial charge in [0.25, 0.3) is 0 Å². The fraction of sp³-hybridized carbons (Fsp3) is 0.217. The third-order valence-corrected chi connectivity index (χ3v) is 5.55. The van der Waals surface area contributed by atoms with Gasteiger partial charge < -0.3 is 14.8 Å². The van der Waals surface area contributed by atoms with E-state index in [9.17, 15) is 4.39 Å². The zero-order chi connectivity index (χ0) is 21.5. The second-order valence-corrected chi connectivity index (χ2v) is 7.85. The Hall–Kier alpha value is -1.98. The van der Waals surface area contributed by atoms with Crippen molar-refractivity contribution in [2.24, 2.45) is 0 Å². The van der Waals surface area contributed by atoms with Gasteiger partial charge in [-0.1, -0.05) is 59.1 Å². The van der Waals surface area contributed by atoms with Gasteiger partial charge in [-0.15, -0.1) is 0 Å². The quantitative estimate of drug-likeness (QED) is 0.354. The first-order chi connectivity index (χ1) is 14.5. The van der Waals surface area contributed by atoms with Gasteiger partial charge in [-0.3, -0.25) is 0 Å². The number of hydrogen-bond donors (Lipinski definition) is 1. The molecule has 0 bridgehead atoms. The van der Waals surface area contributed by atoms with Gasteiger partial charge in [0.05, 0.1) is 12.1 Å². The Kier molecular flexibility index (Phi) is 8.23. The number of hydrogen-bond acceptors (Lipinski definition) is 3. The summed E-state index contributed by atoms with van der Waals surface area (Å²) in [5.41, 5.74) is 2.22. The van der Waals surface area contributed by atoms with E-state index in [1.54, 1.807) is 31.4 Å². The van der Waals surface area contributed by atoms with E-state index in [-0.39, 0.29) is 6.61 Å². The number of methoxy groups -OCH3 is 1. The Bertz CT molecular complexity index is 993. The summed E-state index contributed by atoms with van der Waals surface area (Å²) in [7, 11) is 1.57. The summed E-state index contributed by atoms with van der Waals surface area (Å²) in [4.78, 5) is 0. The number of para-hydroxylation sites is 1. The van der Waals surface area contributed by atoms with Gasteiger partial charge in [0.1, 0.15) is 12.4 Å². The monoisotopic (exact) mass is 467 g/mol. The lowest BCUT2D eigenvalue weighted by atomic mass is 10.1. The summed E-state index contributed by atoms with van der Waals surface area (Å²) < 4.78 is 25.4. The second-order valence-electron chi connectivity index (χ2n) is 6.60. The largest absolute Gasteiger partial charge is 0.493 e. The number of ether oxygens (including phenoxy) is 2. The SMILES string of the molecule is COc1cccc(CNCCc2ccc(Cl)cc2Cl)c1OCc1c(F)cccc1Cl. The lowest BCUT2D eigenvalue weighted by molar-refractivity contribution is 0.276. The summed E-state index contributed by atoms with van der Waals surface area (Å²) in [6.45, 7) is 1.25. The number of benzene rings is 3. The summed E-state index contributed by atoms with van der Waals surface area (Å²) in [6.07, 6.45) is 0.751. The Morgan fingerprint density at radius 2 is 1.73 bits per heavy atom. The van der Waals surface area contributed by atoms with Crippen molar-refractivity contribution in [2.45, 2.75) is 19.6 Å². The second kappa shape index (κ2) is 10.9. The molecule has 3 aromatic carbocycles. The van der Waals surface area contributed by atoms with E-state index in [4.69, 9.17) is 44.3 Å². The van der Waals surface area contributed by atoms with Crippen LogP contribution in [-0.4, -0.2) is 13.7 Å². The summed E-state index contributed by atoms with van der Waals surface area (Å²) in [5, 5.41) is 4.97. The van der Waals surface area contributed by atoms with Crippen LogP contribution in [0.25, 0.3) is 0 Å². The van der Waals surface area contributed by atoms with Crippen LogP contribution in [0.15, 0.2) is 54.6 Å². The normalized spacial score (nSPS) is 10.8. The van der Waals surface area contributed by atoms with Crippen LogP contribution in [-0.2, 0) is 19.6 Å². The average molecular weight is 469 g/mol. The first kappa shape index (κ1) is 22.7. The lowest BCUT2D eigenvalue weighted by Crippen LogP contribution is -2.17. The Morgan fingerprint density at radius 3 is 2.47 bits per heavy atom. The molecule has 30 heavy (non-hydrogen) atoms. The highest BCUT2D eigenvalue weighted by Crippen LogP contribution is 2.33. The third kappa shape index (κ3) is 5.79. The van der Waals surface area contributed by atoms with Crippen LogP contribution in [0.4, 0.5) is 4.39 Å². The van der Waals surface area contributed by atoms with Crippen LogP contribution in [0.2, 0.25) is 15.1 Å². The van der Waals surface area contributed by atoms with Crippen LogP contribution in [0.1, 0.15) is 16.7 Å². The number of rotatable bonds is 9. The fourth-order valence-electron chi connectivity index (χ4n) is 3.01. The summed E-state index contributed by atoms with van der Waals surface area (Å²) in [5.74, 6) is 0.718. The standard InChI is InChI=1S/C23H21Cl3FNO2/c1-29-22-7-2-4-16(13-28-11-10-15-8-9-17(24)12-20(15)26)23(22)30-14-18-19(25)5-3-6-21(18)27/h2-9,12,28H,10-11,13-14H2,1H3. The van der Waals surface area contributed by atoms with Gasteiger partial charge in [-0.05, 0) is 48.9 Å². The molecule has 7 heteroatoms. The van der Waals surface area contributed by atoms with Crippen LogP contribution < -0.4 is 14.8 Å². The summed E-state index contributed by atoms with van der Waals surface area (Å²) in [6, 6.07) is 15.7. The molecule has 0 saturated heterocycles. The topological polar surface area (TPSA) is 30.5 Å². The molecule has 0 aliphatic carbocycles. The first-order valence-electron chi connectivity index (χ1n) is 9.35. The fourth-order valence-corrected chi connectivity index (χ4v) is 3.73. The average Bonchev–Trinajstić information content (AvgIpc) is 2.72. The lowest BCUT2D eigenvalue weighted by Gasteiger charge is -2.16. The number of halogens is 4. The van der Waals surface area contributed by atoms with Crippen LogP contribution in [0, 0.1) is 5.82 Å². The van der Waals surface area contributed by atoms with Gasteiger partial charge in [-0.25, -0.2) is 4.39 Å². The highest BCUT2D eigenvalue weighted by atomic mass is 35.5. The minimum Gasteiger partial charge on any atom is -0.493 e. The van der Waals surface area contributed by atoms with Crippen LogP contribution >= 0.6 is 34.8 Å². The molecule has 0 amide bonds. The maximum Gasteiger partial charge on any atom is 0.166 e. The zero-order valence-corrected chi connectivity index (χ0v) is 18.6. The molecule has 0 spiro atoms. The van der Waals surface area contributed by atoms with Crippen LogP contribution in [0.3, 0.4) is 0 Å². The van der Waals surface area contributed by atoms with E-state index in [2.05, 4.69) is 5.32 Å². The van der Waals surface area contributed by atoms with E-state index in [1.165, 1.54) is 6.07 Å². The Labute approximate surface area is 190 Å². The third-order valence-electron chi connectivity index (χ3n) is 4.60. The van der Waals surface area contributed by atoms with E-state index in [0.29, 0.717) is 45.2 Å². The van der Waals surface area contributed by atoms with E-state index < -0.39 is 5.82 Å². The minimum absolute atomic E-state index is 0.000731. The molecule has 0 saturated carbocycles. The van der Waals surface area contributed by atoms with E-state index in [0.717, 1.165) is 17.5 Å². The highest BCUT2D eigenvalue weighted by Gasteiger charge is 2.14. The molecule has 158 valence electrons. The Morgan fingerprint density at radius 1 is 0.933 bits per heavy atom. The van der Waals surface area contributed by atoms with Crippen molar-refractivity contribution in [1.82, 2.24) is 5.32 Å². The van der Waals surface area contributed by atoms with Gasteiger partial charge in [-0.2, -0.15) is 0 Å². The number of nitrogens with one attached hydrogen (secondary N) is 1. The van der Waals surface area contributed by atoms with Crippen molar-refractivity contribution < 1.29 is 13.9 Å². The molecule has 0 heterocycles. The predicted molar refractivity (Wildman–Crippen MR) is 121 cm³/mol. The molecule has 0 fully saturated rings. The molecular weight excluding hydrogens is 448 g/mol. The summed E-state index contributed by atoms with van der Waals surface area (Å²) >= 11 is 18.3.